The second kappa shape index (κ2) is 9.22. The third-order valence-corrected chi connectivity index (χ3v) is 4.92. The Kier molecular flexibility index (Phi) is 6.98. The van der Waals surface area contributed by atoms with Gasteiger partial charge in [-0.15, -0.1) is 10.1 Å². The molecule has 156 valence electrons. The minimum atomic E-state index is -1.42. The normalized spacial score (nSPS) is 12.8. The lowest BCUT2D eigenvalue weighted by Gasteiger charge is -2.28. The Morgan fingerprint density at radius 2 is 1.86 bits per heavy atom. The van der Waals surface area contributed by atoms with Gasteiger partial charge in [0, 0.05) is 20.0 Å². The molecule has 2 rings (SSSR count). The molecule has 1 amide bonds. The zero-order chi connectivity index (χ0) is 21.6. The number of aliphatic carboxylic acids is 1. The summed E-state index contributed by atoms with van der Waals surface area (Å²) in [4.78, 5) is 40.4. The molecule has 0 bridgehead atoms. The molecule has 2 aromatic rings. The van der Waals surface area contributed by atoms with Gasteiger partial charge in [-0.3, -0.25) is 9.59 Å². The molecule has 0 saturated heterocycles. The lowest BCUT2D eigenvalue weighted by molar-refractivity contribution is -0.757. The number of fused-ring (bicyclic) bond motifs is 1. The van der Waals surface area contributed by atoms with Crippen molar-refractivity contribution in [3.63, 3.8) is 0 Å². The SMILES string of the molecule is COc1ccc2cc([C@](C)(CC(=O)N(C)CCCO[N+](=O)[O-])C(=O)O)ccc2c1. The predicted octanol–water partition coefficient (Wildman–Crippen LogP) is 2.64. The van der Waals surface area contributed by atoms with Crippen molar-refractivity contribution in [1.82, 2.24) is 4.90 Å². The highest BCUT2D eigenvalue weighted by Crippen LogP contribution is 2.32. The van der Waals surface area contributed by atoms with E-state index in [0.29, 0.717) is 11.3 Å². The Morgan fingerprint density at radius 1 is 1.21 bits per heavy atom. The second-order valence-electron chi connectivity index (χ2n) is 6.97. The number of benzene rings is 2. The molecule has 1 N–H and O–H groups in total. The number of ether oxygens (including phenoxy) is 1. The summed E-state index contributed by atoms with van der Waals surface area (Å²) in [6.45, 7) is 1.61. The number of rotatable bonds is 10. The average Bonchev–Trinajstić information content (AvgIpc) is 2.69. The highest BCUT2D eigenvalue weighted by molar-refractivity contribution is 5.91. The van der Waals surface area contributed by atoms with Crippen LogP contribution in [0.2, 0.25) is 0 Å². The van der Waals surface area contributed by atoms with Crippen LogP contribution in [0.1, 0.15) is 25.3 Å². The van der Waals surface area contributed by atoms with Crippen molar-refractivity contribution in [2.75, 3.05) is 27.3 Å². The van der Waals surface area contributed by atoms with Crippen molar-refractivity contribution in [1.29, 1.82) is 0 Å². The first kappa shape index (κ1) is 21.9. The standard InChI is InChI=1S/C20H24N2O7/c1-20(19(24)25,13-18(23)21(2)9-4-10-29-22(26)27)16-7-5-15-12-17(28-3)8-6-14(15)11-16/h5-8,11-12H,4,9-10,13H2,1-3H3,(H,24,25)/t20-/m0/s1. The minimum Gasteiger partial charge on any atom is -0.497 e. The van der Waals surface area contributed by atoms with Crippen LogP contribution in [-0.4, -0.2) is 54.3 Å². The first-order chi connectivity index (χ1) is 13.7. The fraction of sp³-hybridized carbons (Fsp3) is 0.400. The molecule has 1 atom stereocenters. The molecule has 0 heterocycles. The summed E-state index contributed by atoms with van der Waals surface area (Å²) in [6, 6.07) is 10.7. The third-order valence-electron chi connectivity index (χ3n) is 4.92. The molecule has 9 nitrogen and oxygen atoms in total. The number of carbonyl (C=O) groups is 2. The van der Waals surface area contributed by atoms with E-state index < -0.39 is 16.5 Å². The lowest BCUT2D eigenvalue weighted by Crippen LogP contribution is -2.40. The molecular formula is C20H24N2O7. The van der Waals surface area contributed by atoms with E-state index in [-0.39, 0.29) is 31.9 Å². The molecule has 0 saturated carbocycles. The Balaban J connectivity index is 2.18. The van der Waals surface area contributed by atoms with E-state index in [0.717, 1.165) is 10.8 Å². The number of carbonyl (C=O) groups excluding carboxylic acids is 1. The topological polar surface area (TPSA) is 119 Å². The van der Waals surface area contributed by atoms with Crippen LogP contribution in [0.5, 0.6) is 5.75 Å². The zero-order valence-corrected chi connectivity index (χ0v) is 16.6. The summed E-state index contributed by atoms with van der Waals surface area (Å²) >= 11 is 0. The molecule has 0 fully saturated rings. The van der Waals surface area contributed by atoms with Gasteiger partial charge in [0.2, 0.25) is 5.91 Å². The zero-order valence-electron chi connectivity index (χ0n) is 16.6. The highest BCUT2D eigenvalue weighted by atomic mass is 16.9. The van der Waals surface area contributed by atoms with Gasteiger partial charge in [-0.1, -0.05) is 18.2 Å². The van der Waals surface area contributed by atoms with E-state index in [1.165, 1.54) is 18.9 Å². The Bertz CT molecular complexity index is 915. The minimum absolute atomic E-state index is 0.130. The van der Waals surface area contributed by atoms with Gasteiger partial charge < -0.3 is 19.6 Å². The third kappa shape index (κ3) is 5.34. The maximum Gasteiger partial charge on any atom is 0.314 e. The molecule has 2 aromatic carbocycles. The molecule has 0 aromatic heterocycles. The number of nitrogens with zero attached hydrogens (tertiary/aromatic N) is 2. The van der Waals surface area contributed by atoms with E-state index in [1.54, 1.807) is 31.4 Å². The van der Waals surface area contributed by atoms with Crippen LogP contribution >= 0.6 is 0 Å². The molecule has 29 heavy (non-hydrogen) atoms. The van der Waals surface area contributed by atoms with Gasteiger partial charge in [0.15, 0.2) is 0 Å². The summed E-state index contributed by atoms with van der Waals surface area (Å²) in [5, 5.41) is 20.9. The van der Waals surface area contributed by atoms with E-state index >= 15 is 0 Å². The van der Waals surface area contributed by atoms with Gasteiger partial charge in [0.1, 0.15) is 5.75 Å². The van der Waals surface area contributed by atoms with Crippen LogP contribution in [0.4, 0.5) is 0 Å². The summed E-state index contributed by atoms with van der Waals surface area (Å²) in [5.74, 6) is -0.779. The lowest BCUT2D eigenvalue weighted by atomic mass is 9.78. The van der Waals surface area contributed by atoms with Crippen LogP contribution in [0, 0.1) is 10.1 Å². The van der Waals surface area contributed by atoms with Crippen molar-refractivity contribution in [3.8, 4) is 5.75 Å². The number of carboxylic acid groups (broad SMARTS) is 1. The van der Waals surface area contributed by atoms with Crippen molar-refractivity contribution >= 4 is 22.6 Å². The average molecular weight is 404 g/mol. The maximum absolute atomic E-state index is 12.6. The molecule has 0 unspecified atom stereocenters. The number of hydrogen-bond donors (Lipinski definition) is 1. The van der Waals surface area contributed by atoms with E-state index in [2.05, 4.69) is 4.84 Å². The van der Waals surface area contributed by atoms with Crippen molar-refractivity contribution in [3.05, 3.63) is 52.1 Å². The van der Waals surface area contributed by atoms with Crippen molar-refractivity contribution < 1.29 is 29.4 Å². The summed E-state index contributed by atoms with van der Waals surface area (Å²) in [5.41, 5.74) is -0.905. The first-order valence-corrected chi connectivity index (χ1v) is 9.00. The van der Waals surface area contributed by atoms with Gasteiger partial charge >= 0.3 is 5.97 Å². The van der Waals surface area contributed by atoms with Crippen LogP contribution in [0.3, 0.4) is 0 Å². The fourth-order valence-electron chi connectivity index (χ4n) is 3.00. The summed E-state index contributed by atoms with van der Waals surface area (Å²) in [6.07, 6.45) is 0.0292. The molecule has 0 aliphatic carbocycles. The Morgan fingerprint density at radius 3 is 2.48 bits per heavy atom. The van der Waals surface area contributed by atoms with Gasteiger partial charge in [-0.05, 0) is 47.9 Å². The maximum atomic E-state index is 12.6. The summed E-state index contributed by atoms with van der Waals surface area (Å²) in [7, 11) is 3.10. The molecule has 0 spiro atoms. The van der Waals surface area contributed by atoms with Gasteiger partial charge in [-0.25, -0.2) is 0 Å². The second-order valence-corrected chi connectivity index (χ2v) is 6.97. The largest absolute Gasteiger partial charge is 0.497 e. The number of carboxylic acids is 1. The molecule has 0 radical (unpaired) electrons. The Labute approximate surface area is 167 Å². The monoisotopic (exact) mass is 404 g/mol. The molecule has 0 aliphatic heterocycles. The number of hydrogen-bond acceptors (Lipinski definition) is 6. The van der Waals surface area contributed by atoms with Crippen LogP contribution in [0.25, 0.3) is 10.8 Å². The molecule has 0 aliphatic rings. The summed E-state index contributed by atoms with van der Waals surface area (Å²) < 4.78 is 5.20. The van der Waals surface area contributed by atoms with Gasteiger partial charge in [0.25, 0.3) is 5.09 Å². The fourth-order valence-corrected chi connectivity index (χ4v) is 3.00. The van der Waals surface area contributed by atoms with Gasteiger partial charge in [-0.2, -0.15) is 0 Å². The smallest absolute Gasteiger partial charge is 0.314 e. The van der Waals surface area contributed by atoms with Crippen LogP contribution in [-0.2, 0) is 19.8 Å². The Hall–Kier alpha value is -3.36. The van der Waals surface area contributed by atoms with Crippen LogP contribution in [0.15, 0.2) is 36.4 Å². The predicted molar refractivity (Wildman–Crippen MR) is 105 cm³/mol. The van der Waals surface area contributed by atoms with E-state index in [4.69, 9.17) is 4.74 Å². The molecule has 9 heteroatoms. The quantitative estimate of drug-likeness (QED) is 0.367. The van der Waals surface area contributed by atoms with Gasteiger partial charge in [0.05, 0.1) is 19.1 Å². The van der Waals surface area contributed by atoms with Crippen molar-refractivity contribution in [2.24, 2.45) is 0 Å². The first-order valence-electron chi connectivity index (χ1n) is 9.00. The van der Waals surface area contributed by atoms with Crippen molar-refractivity contribution in [2.45, 2.75) is 25.2 Å². The number of methoxy groups -OCH3 is 1. The highest BCUT2D eigenvalue weighted by Gasteiger charge is 2.38. The number of amides is 1. The molecular weight excluding hydrogens is 380 g/mol. The van der Waals surface area contributed by atoms with E-state index in [9.17, 15) is 24.8 Å². The van der Waals surface area contributed by atoms with E-state index in [1.807, 2.05) is 12.1 Å². The van der Waals surface area contributed by atoms with Crippen LogP contribution < -0.4 is 4.74 Å².